The number of H-pyrrole nitrogens is 1. The summed E-state index contributed by atoms with van der Waals surface area (Å²) < 4.78 is 5.85. The predicted octanol–water partition coefficient (Wildman–Crippen LogP) is 1.80. The number of fused-ring (bicyclic) bond motifs is 1. The monoisotopic (exact) mass is 342 g/mol. The molecular formula is C16H27ClN4O2. The minimum Gasteiger partial charge on any atom is -0.378 e. The van der Waals surface area contributed by atoms with Crippen LogP contribution in [0.25, 0.3) is 0 Å². The van der Waals surface area contributed by atoms with E-state index in [2.05, 4.69) is 41.6 Å². The van der Waals surface area contributed by atoms with Crippen LogP contribution in [0.5, 0.6) is 0 Å². The van der Waals surface area contributed by atoms with Gasteiger partial charge in [0.25, 0.3) is 5.91 Å². The van der Waals surface area contributed by atoms with E-state index in [4.69, 9.17) is 4.74 Å². The molecule has 1 aromatic rings. The highest BCUT2D eigenvalue weighted by Crippen LogP contribution is 2.29. The molecule has 3 N–H and O–H groups in total. The zero-order valence-corrected chi connectivity index (χ0v) is 14.9. The van der Waals surface area contributed by atoms with E-state index >= 15 is 0 Å². The van der Waals surface area contributed by atoms with Gasteiger partial charge in [-0.25, -0.2) is 0 Å². The van der Waals surface area contributed by atoms with Crippen LogP contribution < -0.4 is 10.6 Å². The third kappa shape index (κ3) is 4.05. The van der Waals surface area contributed by atoms with Crippen LogP contribution in [0.2, 0.25) is 0 Å². The van der Waals surface area contributed by atoms with Crippen LogP contribution in [0, 0.1) is 5.41 Å². The van der Waals surface area contributed by atoms with Crippen molar-refractivity contribution >= 4 is 18.3 Å². The third-order valence-electron chi connectivity index (χ3n) is 4.61. The van der Waals surface area contributed by atoms with Crippen molar-refractivity contribution in [1.82, 2.24) is 20.8 Å². The topological polar surface area (TPSA) is 79.0 Å². The number of amides is 1. The zero-order valence-electron chi connectivity index (χ0n) is 14.1. The number of halogens is 1. The Labute approximate surface area is 143 Å². The van der Waals surface area contributed by atoms with E-state index in [1.807, 2.05) is 0 Å². The Balaban J connectivity index is 0.00000192. The predicted molar refractivity (Wildman–Crippen MR) is 90.9 cm³/mol. The molecule has 7 heteroatoms. The molecule has 0 radical (unpaired) electrons. The van der Waals surface area contributed by atoms with Crippen molar-refractivity contribution in [2.75, 3.05) is 13.2 Å². The first-order valence-corrected chi connectivity index (χ1v) is 8.14. The molecule has 0 aliphatic carbocycles. The maximum absolute atomic E-state index is 12.5. The molecule has 0 spiro atoms. The quantitative estimate of drug-likeness (QED) is 0.765. The fourth-order valence-electron chi connectivity index (χ4n) is 3.20. The largest absolute Gasteiger partial charge is 0.378 e. The van der Waals surface area contributed by atoms with E-state index < -0.39 is 0 Å². The molecule has 2 aliphatic rings. The van der Waals surface area contributed by atoms with E-state index in [0.717, 1.165) is 37.1 Å². The lowest BCUT2D eigenvalue weighted by atomic mass is 9.83. The molecule has 2 unspecified atom stereocenters. The van der Waals surface area contributed by atoms with Gasteiger partial charge in [0.2, 0.25) is 0 Å². The molecule has 0 saturated carbocycles. The first-order chi connectivity index (χ1) is 10.4. The highest BCUT2D eigenvalue weighted by atomic mass is 35.5. The van der Waals surface area contributed by atoms with Gasteiger partial charge in [-0.2, -0.15) is 5.10 Å². The highest BCUT2D eigenvalue weighted by molar-refractivity contribution is 5.94. The fourth-order valence-corrected chi connectivity index (χ4v) is 3.20. The molecule has 3 heterocycles. The van der Waals surface area contributed by atoms with Crippen LogP contribution in [0.3, 0.4) is 0 Å². The normalized spacial score (nSPS) is 24.5. The number of aromatic amines is 1. The molecule has 1 fully saturated rings. The molecular weight excluding hydrogens is 316 g/mol. The summed E-state index contributed by atoms with van der Waals surface area (Å²) in [5.74, 6) is -0.0687. The summed E-state index contributed by atoms with van der Waals surface area (Å²) in [6, 6.07) is 0.161. The second kappa shape index (κ2) is 7.20. The number of carbonyl (C=O) groups is 1. The highest BCUT2D eigenvalue weighted by Gasteiger charge is 2.33. The average Bonchev–Trinajstić information content (AvgIpc) is 2.90. The first kappa shape index (κ1) is 18.2. The Morgan fingerprint density at radius 2 is 2.17 bits per heavy atom. The fraction of sp³-hybridized carbons (Fsp3) is 0.750. The van der Waals surface area contributed by atoms with Crippen LogP contribution in [-0.2, 0) is 17.7 Å². The lowest BCUT2D eigenvalue weighted by Gasteiger charge is -2.37. The molecule has 1 saturated heterocycles. The molecule has 130 valence electrons. The molecule has 3 rings (SSSR count). The van der Waals surface area contributed by atoms with Crippen LogP contribution in [0.4, 0.5) is 0 Å². The Morgan fingerprint density at radius 1 is 1.39 bits per heavy atom. The van der Waals surface area contributed by atoms with E-state index in [-0.39, 0.29) is 35.9 Å². The number of aromatic nitrogens is 2. The van der Waals surface area contributed by atoms with E-state index in [1.165, 1.54) is 0 Å². The number of ether oxygens (including phenoxy) is 1. The smallest absolute Gasteiger partial charge is 0.272 e. The summed E-state index contributed by atoms with van der Waals surface area (Å²) in [5, 5.41) is 13.7. The minimum absolute atomic E-state index is 0. The standard InChI is InChI=1S/C16H26N4O2.ClH/c1-16(2,3)13-8-10(5-7-22-13)18-15(21)14-11-9-17-6-4-12(11)19-20-14;/h10,13,17H,4-9H2,1-3H3,(H,18,21)(H,19,20);1H. The van der Waals surface area contributed by atoms with E-state index in [1.54, 1.807) is 0 Å². The van der Waals surface area contributed by atoms with Crippen LogP contribution >= 0.6 is 12.4 Å². The lowest BCUT2D eigenvalue weighted by molar-refractivity contribution is -0.0569. The first-order valence-electron chi connectivity index (χ1n) is 8.14. The maximum Gasteiger partial charge on any atom is 0.272 e. The lowest BCUT2D eigenvalue weighted by Crippen LogP contribution is -2.46. The van der Waals surface area contributed by atoms with Crippen molar-refractivity contribution in [3.63, 3.8) is 0 Å². The summed E-state index contributed by atoms with van der Waals surface area (Å²) in [6.45, 7) is 8.89. The SMILES string of the molecule is CC(C)(C)C1CC(NC(=O)c2n[nH]c3c2CNCC3)CCO1.Cl. The Kier molecular flexibility index (Phi) is 5.70. The minimum atomic E-state index is -0.0687. The van der Waals surface area contributed by atoms with Crippen molar-refractivity contribution in [2.45, 2.75) is 58.7 Å². The second-order valence-corrected chi connectivity index (χ2v) is 7.38. The van der Waals surface area contributed by atoms with Crippen molar-refractivity contribution in [3.05, 3.63) is 17.0 Å². The summed E-state index contributed by atoms with van der Waals surface area (Å²) in [7, 11) is 0. The van der Waals surface area contributed by atoms with Crippen LogP contribution in [0.1, 0.15) is 55.4 Å². The van der Waals surface area contributed by atoms with Gasteiger partial charge in [-0.1, -0.05) is 20.8 Å². The Bertz CT molecular complexity index is 553. The van der Waals surface area contributed by atoms with E-state index in [9.17, 15) is 4.79 Å². The van der Waals surface area contributed by atoms with Crippen molar-refractivity contribution < 1.29 is 9.53 Å². The third-order valence-corrected chi connectivity index (χ3v) is 4.61. The van der Waals surface area contributed by atoms with Crippen molar-refractivity contribution in [1.29, 1.82) is 0 Å². The molecule has 6 nitrogen and oxygen atoms in total. The molecule has 0 bridgehead atoms. The van der Waals surface area contributed by atoms with Gasteiger partial charge in [-0.05, 0) is 18.3 Å². The maximum atomic E-state index is 12.5. The molecule has 2 atom stereocenters. The van der Waals surface area contributed by atoms with Gasteiger partial charge in [0, 0.05) is 43.4 Å². The average molecular weight is 343 g/mol. The summed E-state index contributed by atoms with van der Waals surface area (Å²) in [6.07, 6.45) is 2.81. The number of nitrogens with one attached hydrogen (secondary N) is 3. The van der Waals surface area contributed by atoms with Crippen LogP contribution in [0.15, 0.2) is 0 Å². The summed E-state index contributed by atoms with van der Waals surface area (Å²) in [4.78, 5) is 12.5. The summed E-state index contributed by atoms with van der Waals surface area (Å²) >= 11 is 0. The molecule has 23 heavy (non-hydrogen) atoms. The Hall–Kier alpha value is -1.11. The molecule has 1 aromatic heterocycles. The molecule has 2 aliphatic heterocycles. The number of hydrogen-bond acceptors (Lipinski definition) is 4. The second-order valence-electron chi connectivity index (χ2n) is 7.38. The molecule has 1 amide bonds. The van der Waals surface area contributed by atoms with Gasteiger partial charge in [0.1, 0.15) is 0 Å². The number of hydrogen-bond donors (Lipinski definition) is 3. The van der Waals surface area contributed by atoms with Crippen molar-refractivity contribution in [2.24, 2.45) is 5.41 Å². The van der Waals surface area contributed by atoms with E-state index in [0.29, 0.717) is 18.8 Å². The van der Waals surface area contributed by atoms with Gasteiger partial charge in [0.15, 0.2) is 5.69 Å². The van der Waals surface area contributed by atoms with Gasteiger partial charge in [-0.15, -0.1) is 12.4 Å². The van der Waals surface area contributed by atoms with Gasteiger partial charge >= 0.3 is 0 Å². The Morgan fingerprint density at radius 3 is 2.91 bits per heavy atom. The van der Waals surface area contributed by atoms with Crippen molar-refractivity contribution in [3.8, 4) is 0 Å². The number of rotatable bonds is 2. The zero-order chi connectivity index (χ0) is 15.7. The molecule has 0 aromatic carbocycles. The number of carbonyl (C=O) groups excluding carboxylic acids is 1. The summed E-state index contributed by atoms with van der Waals surface area (Å²) in [5.41, 5.74) is 2.74. The van der Waals surface area contributed by atoms with Gasteiger partial charge in [0.05, 0.1) is 6.10 Å². The van der Waals surface area contributed by atoms with Gasteiger partial charge < -0.3 is 15.4 Å². The van der Waals surface area contributed by atoms with Crippen LogP contribution in [-0.4, -0.2) is 41.4 Å². The van der Waals surface area contributed by atoms with Gasteiger partial charge in [-0.3, -0.25) is 9.89 Å². The number of nitrogens with zero attached hydrogens (tertiary/aromatic N) is 1.